The molecule has 0 radical (unpaired) electrons. The number of amides is 4. The monoisotopic (exact) mass is 600 g/mol. The van der Waals surface area contributed by atoms with E-state index in [0.717, 1.165) is 16.9 Å². The number of anilines is 1. The first-order valence-electron chi connectivity index (χ1n) is 10.6. The van der Waals surface area contributed by atoms with Crippen molar-refractivity contribution >= 4 is 61.5 Å². The highest BCUT2D eigenvalue weighted by Crippen LogP contribution is 2.36. The number of ether oxygens (including phenoxy) is 1. The molecule has 35 heavy (non-hydrogen) atoms. The molecule has 6 nitrogen and oxygen atoms in total. The molecule has 0 spiro atoms. The Balaban J connectivity index is 1.60. The van der Waals surface area contributed by atoms with E-state index in [1.54, 1.807) is 36.4 Å². The smallest absolute Gasteiger partial charge is 0.335 e. The molecule has 1 fully saturated rings. The normalized spacial score (nSPS) is 14.9. The van der Waals surface area contributed by atoms with E-state index in [-0.39, 0.29) is 18.0 Å². The van der Waals surface area contributed by atoms with Crippen molar-refractivity contribution in [1.82, 2.24) is 5.32 Å². The molecule has 9 heteroatoms. The zero-order valence-electron chi connectivity index (χ0n) is 18.5. The number of halogens is 3. The third kappa shape index (κ3) is 5.52. The number of rotatable bonds is 6. The van der Waals surface area contributed by atoms with Gasteiger partial charge in [-0.05, 0) is 97.4 Å². The number of nitrogens with one attached hydrogen (secondary N) is 1. The number of carbonyl (C=O) groups is 3. The molecule has 3 aromatic carbocycles. The second kappa shape index (κ2) is 10.5. The van der Waals surface area contributed by atoms with Crippen molar-refractivity contribution in [3.63, 3.8) is 0 Å². The van der Waals surface area contributed by atoms with Crippen molar-refractivity contribution in [2.75, 3.05) is 4.90 Å². The minimum absolute atomic E-state index is 0.143. The van der Waals surface area contributed by atoms with Gasteiger partial charge < -0.3 is 4.74 Å². The lowest BCUT2D eigenvalue weighted by Gasteiger charge is -2.26. The van der Waals surface area contributed by atoms with Crippen molar-refractivity contribution in [2.45, 2.75) is 20.0 Å². The van der Waals surface area contributed by atoms with Crippen molar-refractivity contribution in [3.05, 3.63) is 97.7 Å². The standard InChI is InChI=1S/C26H19Br2FN2O4/c1-2-15-6-8-19(9-7-15)31-25(33)20(24(32)30-26(31)34)11-17-12-21(27)23(22(28)13-17)35-14-16-4-3-5-18(29)10-16/h3-13H,2,14H2,1H3,(H,30,32,34)/b20-11-. The first-order chi connectivity index (χ1) is 16.8. The lowest BCUT2D eigenvalue weighted by molar-refractivity contribution is -0.122. The maximum Gasteiger partial charge on any atom is 0.335 e. The number of carbonyl (C=O) groups excluding carboxylic acids is 3. The Morgan fingerprint density at radius 3 is 2.29 bits per heavy atom. The molecular formula is C26H19Br2FN2O4. The predicted molar refractivity (Wildman–Crippen MR) is 137 cm³/mol. The Morgan fingerprint density at radius 1 is 0.971 bits per heavy atom. The van der Waals surface area contributed by atoms with Crippen LogP contribution >= 0.6 is 31.9 Å². The van der Waals surface area contributed by atoms with Crippen LogP contribution in [-0.2, 0) is 22.6 Å². The Kier molecular flexibility index (Phi) is 7.47. The fourth-order valence-corrected chi connectivity index (χ4v) is 4.97. The number of nitrogens with zero attached hydrogens (tertiary/aromatic N) is 1. The summed E-state index contributed by atoms with van der Waals surface area (Å²) in [5, 5.41) is 2.22. The van der Waals surface area contributed by atoms with Gasteiger partial charge in [-0.3, -0.25) is 14.9 Å². The van der Waals surface area contributed by atoms with E-state index in [9.17, 15) is 18.8 Å². The first-order valence-corrected chi connectivity index (χ1v) is 12.2. The van der Waals surface area contributed by atoms with Gasteiger partial charge in [0.25, 0.3) is 11.8 Å². The summed E-state index contributed by atoms with van der Waals surface area (Å²) < 4.78 is 20.4. The molecule has 4 amide bonds. The average Bonchev–Trinajstić information content (AvgIpc) is 2.81. The van der Waals surface area contributed by atoms with E-state index in [0.29, 0.717) is 31.5 Å². The Bertz CT molecular complexity index is 1330. The summed E-state index contributed by atoms with van der Waals surface area (Å²) >= 11 is 6.89. The third-order valence-corrected chi connectivity index (χ3v) is 6.49. The SMILES string of the molecule is CCc1ccc(N2C(=O)NC(=O)/C(=C/c3cc(Br)c(OCc4cccc(F)c4)c(Br)c3)C2=O)cc1. The summed E-state index contributed by atoms with van der Waals surface area (Å²) in [5.74, 6) is -1.37. The van der Waals surface area contributed by atoms with Crippen LogP contribution in [0.25, 0.3) is 6.08 Å². The van der Waals surface area contributed by atoms with Crippen LogP contribution in [0, 0.1) is 5.82 Å². The van der Waals surface area contributed by atoms with Gasteiger partial charge in [0.15, 0.2) is 0 Å². The average molecular weight is 602 g/mol. The number of imide groups is 2. The van der Waals surface area contributed by atoms with Gasteiger partial charge in [0.1, 0.15) is 23.7 Å². The fraction of sp³-hybridized carbons (Fsp3) is 0.115. The van der Waals surface area contributed by atoms with Crippen LogP contribution in [0.2, 0.25) is 0 Å². The van der Waals surface area contributed by atoms with Gasteiger partial charge in [0, 0.05) is 0 Å². The lowest BCUT2D eigenvalue weighted by Crippen LogP contribution is -2.54. The molecule has 3 aromatic rings. The molecule has 1 aliphatic rings. The van der Waals surface area contributed by atoms with Crippen LogP contribution in [0.3, 0.4) is 0 Å². The largest absolute Gasteiger partial charge is 0.487 e. The molecule has 0 aliphatic carbocycles. The number of urea groups is 1. The van der Waals surface area contributed by atoms with Crippen molar-refractivity contribution in [1.29, 1.82) is 0 Å². The molecule has 0 bridgehead atoms. The van der Waals surface area contributed by atoms with Gasteiger partial charge in [0.2, 0.25) is 0 Å². The van der Waals surface area contributed by atoms with Gasteiger partial charge in [-0.2, -0.15) is 0 Å². The fourth-order valence-electron chi connectivity index (χ4n) is 3.52. The highest BCUT2D eigenvalue weighted by Gasteiger charge is 2.36. The second-order valence-electron chi connectivity index (χ2n) is 7.71. The predicted octanol–water partition coefficient (Wildman–Crippen LogP) is 6.16. The van der Waals surface area contributed by atoms with Crippen LogP contribution in [0.5, 0.6) is 5.75 Å². The molecule has 0 aromatic heterocycles. The van der Waals surface area contributed by atoms with Gasteiger partial charge in [-0.15, -0.1) is 0 Å². The van der Waals surface area contributed by atoms with E-state index in [2.05, 4.69) is 37.2 Å². The minimum atomic E-state index is -0.801. The molecule has 0 saturated carbocycles. The number of barbiturate groups is 1. The molecule has 1 heterocycles. The van der Waals surface area contributed by atoms with E-state index >= 15 is 0 Å². The van der Waals surface area contributed by atoms with Crippen LogP contribution in [-0.4, -0.2) is 17.8 Å². The highest BCUT2D eigenvalue weighted by atomic mass is 79.9. The van der Waals surface area contributed by atoms with Crippen molar-refractivity contribution in [2.24, 2.45) is 0 Å². The molecule has 1 aliphatic heterocycles. The topological polar surface area (TPSA) is 75.7 Å². The van der Waals surface area contributed by atoms with Crippen LogP contribution in [0.1, 0.15) is 23.6 Å². The number of hydrogen-bond acceptors (Lipinski definition) is 4. The van der Waals surface area contributed by atoms with E-state index in [4.69, 9.17) is 4.74 Å². The van der Waals surface area contributed by atoms with E-state index < -0.39 is 17.8 Å². The number of benzene rings is 3. The second-order valence-corrected chi connectivity index (χ2v) is 9.42. The van der Waals surface area contributed by atoms with Crippen LogP contribution in [0.15, 0.2) is 75.2 Å². The summed E-state index contributed by atoms with van der Waals surface area (Å²) in [6, 6.07) is 15.6. The quantitative estimate of drug-likeness (QED) is 0.271. The lowest BCUT2D eigenvalue weighted by atomic mass is 10.1. The molecule has 1 saturated heterocycles. The molecular weight excluding hydrogens is 583 g/mol. The van der Waals surface area contributed by atoms with Crippen LogP contribution < -0.4 is 15.0 Å². The van der Waals surface area contributed by atoms with Gasteiger partial charge in [-0.25, -0.2) is 14.1 Å². The maximum atomic E-state index is 13.4. The number of aryl methyl sites for hydroxylation is 1. The summed E-state index contributed by atoms with van der Waals surface area (Å²) in [7, 11) is 0. The minimum Gasteiger partial charge on any atom is -0.487 e. The molecule has 178 valence electrons. The highest BCUT2D eigenvalue weighted by molar-refractivity contribution is 9.11. The summed E-state index contributed by atoms with van der Waals surface area (Å²) in [5.41, 5.74) is 2.43. The van der Waals surface area contributed by atoms with Gasteiger partial charge in [-0.1, -0.05) is 31.2 Å². The van der Waals surface area contributed by atoms with Gasteiger partial charge in [0.05, 0.1) is 14.6 Å². The summed E-state index contributed by atoms with van der Waals surface area (Å²) in [4.78, 5) is 39.0. The zero-order chi connectivity index (χ0) is 25.1. The Hall–Kier alpha value is -3.30. The summed E-state index contributed by atoms with van der Waals surface area (Å²) in [6.45, 7) is 2.14. The molecule has 0 atom stereocenters. The third-order valence-electron chi connectivity index (χ3n) is 5.31. The zero-order valence-corrected chi connectivity index (χ0v) is 21.7. The first kappa shape index (κ1) is 24.8. The molecule has 1 N–H and O–H groups in total. The van der Waals surface area contributed by atoms with Gasteiger partial charge >= 0.3 is 6.03 Å². The molecule has 0 unspecified atom stereocenters. The molecule has 4 rings (SSSR count). The van der Waals surface area contributed by atoms with Crippen molar-refractivity contribution < 1.29 is 23.5 Å². The van der Waals surface area contributed by atoms with Crippen molar-refractivity contribution in [3.8, 4) is 5.75 Å². The number of hydrogen-bond donors (Lipinski definition) is 1. The Labute approximate surface area is 218 Å². The van der Waals surface area contributed by atoms with E-state index in [1.165, 1.54) is 18.2 Å². The maximum absolute atomic E-state index is 13.4. The summed E-state index contributed by atoms with van der Waals surface area (Å²) in [6.07, 6.45) is 2.22. The van der Waals surface area contributed by atoms with E-state index in [1.807, 2.05) is 19.1 Å². The Morgan fingerprint density at radius 2 is 1.66 bits per heavy atom. The van der Waals surface area contributed by atoms with Crippen LogP contribution in [0.4, 0.5) is 14.9 Å².